The van der Waals surface area contributed by atoms with Gasteiger partial charge >= 0.3 is 5.97 Å². The summed E-state index contributed by atoms with van der Waals surface area (Å²) in [5, 5.41) is 0. The lowest BCUT2D eigenvalue weighted by Gasteiger charge is -2.08. The lowest BCUT2D eigenvalue weighted by atomic mass is 10.0. The zero-order valence-electron chi connectivity index (χ0n) is 13.9. The minimum Gasteiger partial charge on any atom is -0.423 e. The van der Waals surface area contributed by atoms with Crippen LogP contribution in [0.25, 0.3) is 11.1 Å². The van der Waals surface area contributed by atoms with E-state index in [9.17, 15) is 4.79 Å². The predicted octanol–water partition coefficient (Wildman–Crippen LogP) is 5.70. The van der Waals surface area contributed by atoms with E-state index < -0.39 is 0 Å². The zero-order chi connectivity index (χ0) is 16.9. The normalized spacial score (nSPS) is 10.6. The topological polar surface area (TPSA) is 26.3 Å². The molecular formula is C22H20O2. The Labute approximate surface area is 142 Å². The van der Waals surface area contributed by atoms with Crippen molar-refractivity contribution in [3.8, 4) is 16.9 Å². The molecule has 0 spiro atoms. The van der Waals surface area contributed by atoms with Crippen molar-refractivity contribution in [1.82, 2.24) is 0 Å². The van der Waals surface area contributed by atoms with Crippen molar-refractivity contribution in [2.45, 2.75) is 19.8 Å². The van der Waals surface area contributed by atoms with Gasteiger partial charge in [0, 0.05) is 0 Å². The third kappa shape index (κ3) is 3.72. The number of benzene rings is 3. The Morgan fingerprint density at radius 2 is 1.33 bits per heavy atom. The maximum absolute atomic E-state index is 12.3. The van der Waals surface area contributed by atoms with Gasteiger partial charge in [0.05, 0.1) is 5.56 Å². The lowest BCUT2D eigenvalue weighted by Crippen LogP contribution is -2.08. The fourth-order valence-electron chi connectivity index (χ4n) is 2.52. The first kappa shape index (κ1) is 16.0. The van der Waals surface area contributed by atoms with Gasteiger partial charge in [-0.05, 0) is 46.9 Å². The van der Waals surface area contributed by atoms with Gasteiger partial charge in [-0.3, -0.25) is 0 Å². The highest BCUT2D eigenvalue weighted by atomic mass is 16.5. The van der Waals surface area contributed by atoms with Crippen LogP contribution in [0.2, 0.25) is 0 Å². The average molecular weight is 316 g/mol. The molecule has 0 fully saturated rings. The van der Waals surface area contributed by atoms with Crippen LogP contribution in [0.4, 0.5) is 0 Å². The van der Waals surface area contributed by atoms with Gasteiger partial charge in [-0.2, -0.15) is 0 Å². The SMILES string of the molecule is CC(C)c1ccc(OC(=O)c2ccc(-c3ccccc3)cc2)cc1. The molecule has 0 N–H and O–H groups in total. The summed E-state index contributed by atoms with van der Waals surface area (Å²) in [6, 6.07) is 25.2. The average Bonchev–Trinajstić information content (AvgIpc) is 2.63. The van der Waals surface area contributed by atoms with Crippen molar-refractivity contribution in [3.63, 3.8) is 0 Å². The molecule has 120 valence electrons. The third-order valence-electron chi connectivity index (χ3n) is 3.99. The first-order valence-corrected chi connectivity index (χ1v) is 8.11. The van der Waals surface area contributed by atoms with Crippen molar-refractivity contribution < 1.29 is 9.53 Å². The summed E-state index contributed by atoms with van der Waals surface area (Å²) in [5.74, 6) is 0.684. The third-order valence-corrected chi connectivity index (χ3v) is 3.99. The van der Waals surface area contributed by atoms with Crippen LogP contribution in [0.1, 0.15) is 35.7 Å². The van der Waals surface area contributed by atoms with Gasteiger partial charge in [0.1, 0.15) is 5.75 Å². The molecule has 0 amide bonds. The standard InChI is InChI=1S/C22H20O2/c1-16(2)17-12-14-21(15-13-17)24-22(23)20-10-8-19(9-11-20)18-6-4-3-5-7-18/h3-16H,1-2H3. The van der Waals surface area contributed by atoms with Crippen molar-refractivity contribution in [3.05, 3.63) is 90.0 Å². The van der Waals surface area contributed by atoms with Gasteiger partial charge < -0.3 is 4.74 Å². The van der Waals surface area contributed by atoms with Crippen LogP contribution < -0.4 is 4.74 Å². The van der Waals surface area contributed by atoms with Gasteiger partial charge in [-0.1, -0.05) is 68.4 Å². The van der Waals surface area contributed by atoms with Gasteiger partial charge in [-0.25, -0.2) is 4.79 Å². The molecule has 3 aromatic carbocycles. The summed E-state index contributed by atoms with van der Waals surface area (Å²) < 4.78 is 5.44. The Balaban J connectivity index is 1.71. The van der Waals surface area contributed by atoms with Crippen LogP contribution in [-0.4, -0.2) is 5.97 Å². The Kier molecular flexibility index (Phi) is 4.76. The van der Waals surface area contributed by atoms with E-state index in [2.05, 4.69) is 13.8 Å². The van der Waals surface area contributed by atoms with Gasteiger partial charge in [-0.15, -0.1) is 0 Å². The van der Waals surface area contributed by atoms with Crippen LogP contribution in [0.5, 0.6) is 5.75 Å². The molecule has 3 aromatic rings. The summed E-state index contributed by atoms with van der Waals surface area (Å²) in [6.07, 6.45) is 0. The highest BCUT2D eigenvalue weighted by molar-refractivity contribution is 5.91. The van der Waals surface area contributed by atoms with Gasteiger partial charge in [0.2, 0.25) is 0 Å². The molecule has 0 aromatic heterocycles. The van der Waals surface area contributed by atoms with Crippen molar-refractivity contribution in [2.75, 3.05) is 0 Å². The highest BCUT2D eigenvalue weighted by Gasteiger charge is 2.09. The number of carbonyl (C=O) groups excluding carboxylic acids is 1. The van der Waals surface area contributed by atoms with E-state index in [0.29, 0.717) is 17.2 Å². The second-order valence-electron chi connectivity index (χ2n) is 6.06. The molecule has 0 atom stereocenters. The molecule has 0 bridgehead atoms. The first-order chi connectivity index (χ1) is 11.6. The molecule has 0 radical (unpaired) electrons. The smallest absolute Gasteiger partial charge is 0.343 e. The molecule has 0 saturated heterocycles. The summed E-state index contributed by atoms with van der Waals surface area (Å²) in [5.41, 5.74) is 3.97. The minimum atomic E-state index is -0.341. The Morgan fingerprint density at radius 1 is 0.750 bits per heavy atom. The van der Waals surface area contributed by atoms with Crippen LogP contribution in [-0.2, 0) is 0 Å². The zero-order valence-corrected chi connectivity index (χ0v) is 13.9. The molecule has 0 aliphatic heterocycles. The monoisotopic (exact) mass is 316 g/mol. The summed E-state index contributed by atoms with van der Waals surface area (Å²) in [4.78, 5) is 12.3. The van der Waals surface area contributed by atoms with Crippen LogP contribution in [0.3, 0.4) is 0 Å². The maximum Gasteiger partial charge on any atom is 0.343 e. The fraction of sp³-hybridized carbons (Fsp3) is 0.136. The number of rotatable bonds is 4. The van der Waals surface area contributed by atoms with Crippen molar-refractivity contribution in [2.24, 2.45) is 0 Å². The number of hydrogen-bond donors (Lipinski definition) is 0. The molecule has 3 rings (SSSR count). The van der Waals surface area contributed by atoms with Gasteiger partial charge in [0.25, 0.3) is 0 Å². The van der Waals surface area contributed by atoms with E-state index in [1.807, 2.05) is 66.7 Å². The van der Waals surface area contributed by atoms with E-state index in [1.165, 1.54) is 5.56 Å². The van der Waals surface area contributed by atoms with Crippen molar-refractivity contribution >= 4 is 5.97 Å². The molecule has 2 heteroatoms. The Morgan fingerprint density at radius 3 is 1.92 bits per heavy atom. The van der Waals surface area contributed by atoms with Crippen LogP contribution in [0, 0.1) is 0 Å². The molecule has 0 aliphatic rings. The second-order valence-corrected chi connectivity index (χ2v) is 6.06. The van der Waals surface area contributed by atoms with Crippen LogP contribution in [0.15, 0.2) is 78.9 Å². The predicted molar refractivity (Wildman–Crippen MR) is 97.4 cm³/mol. The number of hydrogen-bond acceptors (Lipinski definition) is 2. The molecule has 0 aliphatic carbocycles. The lowest BCUT2D eigenvalue weighted by molar-refractivity contribution is 0.0735. The second kappa shape index (κ2) is 7.14. The molecule has 0 unspecified atom stereocenters. The summed E-state index contributed by atoms with van der Waals surface area (Å²) in [7, 11) is 0. The van der Waals surface area contributed by atoms with Gasteiger partial charge in [0.15, 0.2) is 0 Å². The molecule has 24 heavy (non-hydrogen) atoms. The molecule has 2 nitrogen and oxygen atoms in total. The number of esters is 1. The molecular weight excluding hydrogens is 296 g/mol. The quantitative estimate of drug-likeness (QED) is 0.456. The largest absolute Gasteiger partial charge is 0.423 e. The summed E-state index contributed by atoms with van der Waals surface area (Å²) in [6.45, 7) is 4.27. The molecule has 0 saturated carbocycles. The van der Waals surface area contributed by atoms with E-state index in [-0.39, 0.29) is 5.97 Å². The van der Waals surface area contributed by atoms with E-state index in [1.54, 1.807) is 12.1 Å². The van der Waals surface area contributed by atoms with E-state index in [0.717, 1.165) is 11.1 Å². The van der Waals surface area contributed by atoms with Crippen molar-refractivity contribution in [1.29, 1.82) is 0 Å². The van der Waals surface area contributed by atoms with E-state index >= 15 is 0 Å². The number of carbonyl (C=O) groups is 1. The Bertz CT molecular complexity index is 801. The summed E-state index contributed by atoms with van der Waals surface area (Å²) >= 11 is 0. The first-order valence-electron chi connectivity index (χ1n) is 8.11. The minimum absolute atomic E-state index is 0.341. The number of ether oxygens (including phenoxy) is 1. The fourth-order valence-corrected chi connectivity index (χ4v) is 2.52. The highest BCUT2D eigenvalue weighted by Crippen LogP contribution is 2.21. The molecule has 0 heterocycles. The van der Waals surface area contributed by atoms with Crippen LogP contribution >= 0.6 is 0 Å². The van der Waals surface area contributed by atoms with E-state index in [4.69, 9.17) is 4.74 Å². The Hall–Kier alpha value is -2.87. The maximum atomic E-state index is 12.3.